The number of carbonyl (C=O) groups is 2. The molecular formula is C26H27ClN6O3. The summed E-state index contributed by atoms with van der Waals surface area (Å²) in [5.74, 6) is -0.573. The minimum absolute atomic E-state index is 0.273. The van der Waals surface area contributed by atoms with E-state index in [1.807, 2.05) is 25.1 Å². The molecule has 0 aliphatic carbocycles. The van der Waals surface area contributed by atoms with Crippen LogP contribution >= 0.6 is 11.6 Å². The number of hydrogen-bond donors (Lipinski definition) is 1. The maximum atomic E-state index is 13.0. The fourth-order valence-corrected chi connectivity index (χ4v) is 4.31. The van der Waals surface area contributed by atoms with Gasteiger partial charge in [0.1, 0.15) is 12.7 Å². The molecule has 4 rings (SSSR count). The second-order valence-corrected chi connectivity index (χ2v) is 8.93. The quantitative estimate of drug-likeness (QED) is 0.488. The average Bonchev–Trinajstić information content (AvgIpc) is 3.26. The summed E-state index contributed by atoms with van der Waals surface area (Å²) in [5, 5.41) is 17.6. The van der Waals surface area contributed by atoms with Crippen LogP contribution in [0.3, 0.4) is 0 Å². The number of nitriles is 1. The van der Waals surface area contributed by atoms with Gasteiger partial charge < -0.3 is 15.0 Å². The molecule has 9 nitrogen and oxygen atoms in total. The first-order valence-electron chi connectivity index (χ1n) is 11.6. The van der Waals surface area contributed by atoms with Crippen molar-refractivity contribution >= 4 is 34.9 Å². The number of nitrogens with one attached hydrogen (secondary N) is 1. The number of carbonyl (C=O) groups excluding carboxylic acids is 2. The fourth-order valence-electron chi connectivity index (χ4n) is 4.18. The summed E-state index contributed by atoms with van der Waals surface area (Å²) in [6, 6.07) is 14.8. The third-order valence-electron chi connectivity index (χ3n) is 6.13. The lowest BCUT2D eigenvalue weighted by molar-refractivity contribution is -0.141. The van der Waals surface area contributed by atoms with Crippen LogP contribution in [0.5, 0.6) is 0 Å². The van der Waals surface area contributed by atoms with Crippen molar-refractivity contribution in [2.45, 2.75) is 13.8 Å². The van der Waals surface area contributed by atoms with Crippen LogP contribution < -0.4 is 10.2 Å². The van der Waals surface area contributed by atoms with Gasteiger partial charge in [0.15, 0.2) is 0 Å². The second-order valence-electron chi connectivity index (χ2n) is 8.50. The minimum atomic E-state index is -0.300. The van der Waals surface area contributed by atoms with Crippen LogP contribution in [0.25, 0.3) is 5.69 Å². The van der Waals surface area contributed by atoms with Crippen molar-refractivity contribution in [3.05, 3.63) is 70.5 Å². The first kappa shape index (κ1) is 25.2. The number of aromatic nitrogens is 2. The Morgan fingerprint density at radius 1 is 1.14 bits per heavy atom. The Hall–Kier alpha value is -3.87. The fraction of sp³-hybridized carbons (Fsp3) is 0.308. The Morgan fingerprint density at radius 2 is 1.86 bits per heavy atom. The number of ether oxygens (including phenoxy) is 1. The summed E-state index contributed by atoms with van der Waals surface area (Å²) in [4.78, 5) is 28.3. The molecule has 36 heavy (non-hydrogen) atoms. The highest BCUT2D eigenvalue weighted by Gasteiger charge is 2.21. The number of hydrogen-bond acceptors (Lipinski definition) is 7. The van der Waals surface area contributed by atoms with E-state index in [1.54, 1.807) is 28.9 Å². The Balaban J connectivity index is 1.41. The molecule has 0 bridgehead atoms. The average molecular weight is 507 g/mol. The van der Waals surface area contributed by atoms with Gasteiger partial charge >= 0.3 is 5.97 Å². The van der Waals surface area contributed by atoms with Gasteiger partial charge in [0.05, 0.1) is 34.4 Å². The zero-order valence-corrected chi connectivity index (χ0v) is 21.0. The topological polar surface area (TPSA) is 103 Å². The molecule has 0 unspecified atom stereocenters. The third-order valence-corrected chi connectivity index (χ3v) is 6.38. The Kier molecular flexibility index (Phi) is 7.88. The molecule has 10 heteroatoms. The van der Waals surface area contributed by atoms with Gasteiger partial charge in [0, 0.05) is 50.4 Å². The van der Waals surface area contributed by atoms with Crippen LogP contribution in [0.2, 0.25) is 5.02 Å². The van der Waals surface area contributed by atoms with Gasteiger partial charge in [-0.25, -0.2) is 4.68 Å². The van der Waals surface area contributed by atoms with Crippen molar-refractivity contribution in [1.82, 2.24) is 14.7 Å². The predicted octanol–water partition coefficient (Wildman–Crippen LogP) is 3.64. The van der Waals surface area contributed by atoms with Gasteiger partial charge in [0.25, 0.3) is 5.91 Å². The molecule has 1 aromatic heterocycles. The van der Waals surface area contributed by atoms with Crippen molar-refractivity contribution < 1.29 is 14.3 Å². The maximum absolute atomic E-state index is 13.0. The molecule has 1 fully saturated rings. The molecule has 2 aromatic carbocycles. The molecule has 0 saturated carbocycles. The number of esters is 1. The smallest absolute Gasteiger partial charge is 0.302 e. The second kappa shape index (κ2) is 11.2. The maximum Gasteiger partial charge on any atom is 0.302 e. The highest BCUT2D eigenvalue weighted by molar-refractivity contribution is 6.30. The zero-order chi connectivity index (χ0) is 25.7. The highest BCUT2D eigenvalue weighted by atomic mass is 35.5. The number of nitrogens with zero attached hydrogens (tertiary/aromatic N) is 5. The van der Waals surface area contributed by atoms with Gasteiger partial charge in [-0.3, -0.25) is 14.5 Å². The standard InChI is InChI=1S/C26H27ClN6O3/c1-18-24(17-29-33(18)23-6-3-21(27)4-7-23)26(35)30-22-5-8-25(20(15-22)16-28)32-11-9-31(10-12-32)13-14-36-19(2)34/h3-8,15,17H,9-14H2,1-2H3,(H,30,35). The van der Waals surface area contributed by atoms with Gasteiger partial charge in [0.2, 0.25) is 0 Å². The number of rotatable bonds is 7. The molecule has 1 aliphatic heterocycles. The van der Waals surface area contributed by atoms with Gasteiger partial charge in [-0.1, -0.05) is 11.6 Å². The van der Waals surface area contributed by atoms with Crippen molar-refractivity contribution in [2.75, 3.05) is 49.5 Å². The summed E-state index contributed by atoms with van der Waals surface area (Å²) in [6.07, 6.45) is 1.53. The van der Waals surface area contributed by atoms with E-state index in [-0.39, 0.29) is 11.9 Å². The van der Waals surface area contributed by atoms with Crippen LogP contribution in [-0.4, -0.2) is 65.9 Å². The lowest BCUT2D eigenvalue weighted by atomic mass is 10.1. The Bertz CT molecular complexity index is 1290. The van der Waals surface area contributed by atoms with E-state index in [0.29, 0.717) is 40.7 Å². The first-order valence-corrected chi connectivity index (χ1v) is 12.0. The van der Waals surface area contributed by atoms with E-state index >= 15 is 0 Å². The Labute approximate surface area is 214 Å². The highest BCUT2D eigenvalue weighted by Crippen LogP contribution is 2.26. The van der Waals surface area contributed by atoms with Gasteiger partial charge in [-0.05, 0) is 49.4 Å². The van der Waals surface area contributed by atoms with Crippen LogP contribution in [0.15, 0.2) is 48.7 Å². The molecule has 1 amide bonds. The van der Waals surface area contributed by atoms with Crippen molar-refractivity contribution in [3.8, 4) is 11.8 Å². The first-order chi connectivity index (χ1) is 17.4. The summed E-state index contributed by atoms with van der Waals surface area (Å²) in [6.45, 7) is 7.42. The van der Waals surface area contributed by atoms with Crippen molar-refractivity contribution in [1.29, 1.82) is 5.26 Å². The Morgan fingerprint density at radius 3 is 2.53 bits per heavy atom. The lowest BCUT2D eigenvalue weighted by Gasteiger charge is -2.36. The summed E-state index contributed by atoms with van der Waals surface area (Å²) >= 11 is 5.97. The molecule has 3 aromatic rings. The summed E-state index contributed by atoms with van der Waals surface area (Å²) in [7, 11) is 0. The van der Waals surface area contributed by atoms with E-state index in [0.717, 1.165) is 37.6 Å². The predicted molar refractivity (Wildman–Crippen MR) is 138 cm³/mol. The van der Waals surface area contributed by atoms with Gasteiger partial charge in [-0.2, -0.15) is 10.4 Å². The molecule has 0 atom stereocenters. The number of anilines is 2. The number of amides is 1. The molecule has 2 heterocycles. The van der Waals surface area contributed by atoms with E-state index < -0.39 is 0 Å². The molecule has 186 valence electrons. The van der Waals surface area contributed by atoms with E-state index in [2.05, 4.69) is 26.3 Å². The molecule has 0 radical (unpaired) electrons. The van der Waals surface area contributed by atoms with E-state index in [9.17, 15) is 14.9 Å². The molecule has 1 saturated heterocycles. The normalized spacial score (nSPS) is 13.8. The minimum Gasteiger partial charge on any atom is -0.465 e. The molecule has 1 aliphatic rings. The van der Waals surface area contributed by atoms with Crippen molar-refractivity contribution in [3.63, 3.8) is 0 Å². The van der Waals surface area contributed by atoms with Crippen molar-refractivity contribution in [2.24, 2.45) is 0 Å². The largest absolute Gasteiger partial charge is 0.465 e. The number of halogens is 1. The van der Waals surface area contributed by atoms with Crippen LogP contribution in [0.4, 0.5) is 11.4 Å². The molecular weight excluding hydrogens is 480 g/mol. The van der Waals surface area contributed by atoms with Crippen LogP contribution in [-0.2, 0) is 9.53 Å². The molecule has 0 spiro atoms. The van der Waals surface area contributed by atoms with E-state index in [4.69, 9.17) is 16.3 Å². The van der Waals surface area contributed by atoms with Crippen LogP contribution in [0, 0.1) is 18.3 Å². The number of benzene rings is 2. The van der Waals surface area contributed by atoms with Gasteiger partial charge in [-0.15, -0.1) is 0 Å². The summed E-state index contributed by atoms with van der Waals surface area (Å²) in [5.41, 5.74) is 3.81. The third kappa shape index (κ3) is 5.85. The summed E-state index contributed by atoms with van der Waals surface area (Å²) < 4.78 is 6.70. The van der Waals surface area contributed by atoms with E-state index in [1.165, 1.54) is 13.1 Å². The molecule has 1 N–H and O–H groups in total. The lowest BCUT2D eigenvalue weighted by Crippen LogP contribution is -2.47. The number of piperazine rings is 1. The SMILES string of the molecule is CC(=O)OCCN1CCN(c2ccc(NC(=O)c3cnn(-c4ccc(Cl)cc4)c3C)cc2C#N)CC1. The zero-order valence-electron chi connectivity index (χ0n) is 20.2. The van der Waals surface area contributed by atoms with Crippen LogP contribution in [0.1, 0.15) is 28.5 Å². The monoisotopic (exact) mass is 506 g/mol.